The van der Waals surface area contributed by atoms with Crippen LogP contribution in [-0.4, -0.2) is 18.6 Å². The minimum Gasteiger partial charge on any atom is -0.477 e. The van der Waals surface area contributed by atoms with Crippen molar-refractivity contribution < 1.29 is 9.53 Å². The standard InChI is InChI=1S/C16H15BrN2O2/c17-12-6-2-1-5-11(12)9-19-10-15(16(18)20)21-14-8-4-3-7-13(14)19/h1-8,15H,9-10H2,(H2,18,20). The normalized spacial score (nSPS) is 17.0. The van der Waals surface area contributed by atoms with E-state index in [0.717, 1.165) is 15.7 Å². The maximum atomic E-state index is 11.5. The first-order chi connectivity index (χ1) is 10.1. The van der Waals surface area contributed by atoms with Crippen LogP contribution in [0.2, 0.25) is 0 Å². The van der Waals surface area contributed by atoms with Crippen molar-refractivity contribution in [2.45, 2.75) is 12.6 Å². The summed E-state index contributed by atoms with van der Waals surface area (Å²) in [6.45, 7) is 1.14. The molecule has 3 rings (SSSR count). The molecule has 0 bridgehead atoms. The van der Waals surface area contributed by atoms with E-state index in [1.165, 1.54) is 0 Å². The molecule has 1 heterocycles. The minimum absolute atomic E-state index is 0.443. The van der Waals surface area contributed by atoms with Crippen molar-refractivity contribution in [1.29, 1.82) is 0 Å². The van der Waals surface area contributed by atoms with Gasteiger partial charge in [-0.3, -0.25) is 4.79 Å². The van der Waals surface area contributed by atoms with E-state index in [0.29, 0.717) is 18.8 Å². The van der Waals surface area contributed by atoms with Crippen LogP contribution in [-0.2, 0) is 11.3 Å². The first kappa shape index (κ1) is 13.9. The first-order valence-electron chi connectivity index (χ1n) is 6.68. The summed E-state index contributed by atoms with van der Waals surface area (Å²) in [4.78, 5) is 13.6. The molecule has 1 amide bonds. The second kappa shape index (κ2) is 5.77. The van der Waals surface area contributed by atoms with Gasteiger partial charge in [0.1, 0.15) is 5.75 Å². The molecule has 2 aromatic carbocycles. The number of amides is 1. The molecule has 0 saturated carbocycles. The molecule has 5 heteroatoms. The Balaban J connectivity index is 1.93. The van der Waals surface area contributed by atoms with Crippen LogP contribution < -0.4 is 15.4 Å². The Bertz CT molecular complexity index is 675. The third-order valence-electron chi connectivity index (χ3n) is 3.50. The van der Waals surface area contributed by atoms with Crippen molar-refractivity contribution in [3.8, 4) is 5.75 Å². The number of fused-ring (bicyclic) bond motifs is 1. The Labute approximate surface area is 131 Å². The van der Waals surface area contributed by atoms with Crippen molar-refractivity contribution in [2.24, 2.45) is 5.73 Å². The minimum atomic E-state index is -0.623. The molecule has 1 aliphatic heterocycles. The summed E-state index contributed by atoms with van der Waals surface area (Å²) in [5.41, 5.74) is 7.54. The summed E-state index contributed by atoms with van der Waals surface area (Å²) in [5, 5.41) is 0. The van der Waals surface area contributed by atoms with Gasteiger partial charge in [-0.05, 0) is 23.8 Å². The highest BCUT2D eigenvalue weighted by molar-refractivity contribution is 9.10. The van der Waals surface area contributed by atoms with Crippen molar-refractivity contribution >= 4 is 27.5 Å². The molecule has 0 aliphatic carbocycles. The van der Waals surface area contributed by atoms with E-state index in [1.54, 1.807) is 0 Å². The third-order valence-corrected chi connectivity index (χ3v) is 4.27. The molecule has 0 saturated heterocycles. The number of benzene rings is 2. The number of nitrogens with two attached hydrogens (primary N) is 1. The molecule has 108 valence electrons. The third kappa shape index (κ3) is 2.88. The molecular formula is C16H15BrN2O2. The Kier molecular flexibility index (Phi) is 3.84. The topological polar surface area (TPSA) is 55.6 Å². The van der Waals surface area contributed by atoms with Crippen LogP contribution in [0.3, 0.4) is 0 Å². The number of ether oxygens (including phenoxy) is 1. The molecule has 1 unspecified atom stereocenters. The number of hydrogen-bond donors (Lipinski definition) is 1. The van der Waals surface area contributed by atoms with Crippen LogP contribution in [0.25, 0.3) is 0 Å². The van der Waals surface area contributed by atoms with Gasteiger partial charge >= 0.3 is 0 Å². The summed E-state index contributed by atoms with van der Waals surface area (Å²) < 4.78 is 6.71. The van der Waals surface area contributed by atoms with Gasteiger partial charge in [-0.25, -0.2) is 0 Å². The maximum Gasteiger partial charge on any atom is 0.260 e. The van der Waals surface area contributed by atoms with Crippen molar-refractivity contribution in [3.05, 3.63) is 58.6 Å². The van der Waals surface area contributed by atoms with Gasteiger partial charge < -0.3 is 15.4 Å². The lowest BCUT2D eigenvalue weighted by Gasteiger charge is -2.35. The number of nitrogens with zero attached hydrogens (tertiary/aromatic N) is 1. The number of rotatable bonds is 3. The SMILES string of the molecule is NC(=O)C1CN(Cc2ccccc2Br)c2ccccc2O1. The Morgan fingerprint density at radius 3 is 2.71 bits per heavy atom. The number of anilines is 1. The molecule has 0 fully saturated rings. The van der Waals surface area contributed by atoms with Gasteiger partial charge in [-0.2, -0.15) is 0 Å². The first-order valence-corrected chi connectivity index (χ1v) is 7.48. The number of halogens is 1. The highest BCUT2D eigenvalue weighted by Crippen LogP contribution is 2.34. The summed E-state index contributed by atoms with van der Waals surface area (Å²) in [6, 6.07) is 15.7. The van der Waals surface area contributed by atoms with Crippen LogP contribution in [0.4, 0.5) is 5.69 Å². The van der Waals surface area contributed by atoms with Gasteiger partial charge in [0, 0.05) is 11.0 Å². The molecule has 1 atom stereocenters. The molecule has 0 aromatic heterocycles. The number of carbonyl (C=O) groups excluding carboxylic acids is 1. The van der Waals surface area contributed by atoms with E-state index in [9.17, 15) is 4.79 Å². The Hall–Kier alpha value is -2.01. The highest BCUT2D eigenvalue weighted by Gasteiger charge is 2.29. The van der Waals surface area contributed by atoms with E-state index < -0.39 is 12.0 Å². The van der Waals surface area contributed by atoms with E-state index in [-0.39, 0.29) is 0 Å². The number of para-hydroxylation sites is 2. The number of primary amides is 1. The van der Waals surface area contributed by atoms with E-state index in [1.807, 2.05) is 42.5 Å². The zero-order valence-electron chi connectivity index (χ0n) is 11.3. The maximum absolute atomic E-state index is 11.5. The average Bonchev–Trinajstić information content (AvgIpc) is 2.49. The largest absolute Gasteiger partial charge is 0.477 e. The van der Waals surface area contributed by atoms with Gasteiger partial charge in [0.25, 0.3) is 5.91 Å². The molecule has 2 aromatic rings. The highest BCUT2D eigenvalue weighted by atomic mass is 79.9. The van der Waals surface area contributed by atoms with Gasteiger partial charge in [0.15, 0.2) is 6.10 Å². The average molecular weight is 347 g/mol. The summed E-state index contributed by atoms with van der Waals surface area (Å²) in [5.74, 6) is 0.251. The Morgan fingerprint density at radius 2 is 1.95 bits per heavy atom. The van der Waals surface area contributed by atoms with Crippen LogP contribution >= 0.6 is 15.9 Å². The van der Waals surface area contributed by atoms with Gasteiger partial charge in [-0.1, -0.05) is 46.3 Å². The fourth-order valence-corrected chi connectivity index (χ4v) is 2.85. The molecule has 0 spiro atoms. The van der Waals surface area contributed by atoms with Crippen LogP contribution in [0, 0.1) is 0 Å². The molecule has 2 N–H and O–H groups in total. The van der Waals surface area contributed by atoms with Crippen molar-refractivity contribution in [3.63, 3.8) is 0 Å². The molecule has 0 radical (unpaired) electrons. The summed E-state index contributed by atoms with van der Waals surface area (Å²) in [7, 11) is 0. The fraction of sp³-hybridized carbons (Fsp3) is 0.188. The lowest BCUT2D eigenvalue weighted by Crippen LogP contribution is -2.47. The van der Waals surface area contributed by atoms with Crippen LogP contribution in [0.1, 0.15) is 5.56 Å². The number of carbonyl (C=O) groups is 1. The summed E-state index contributed by atoms with van der Waals surface area (Å²) >= 11 is 3.56. The number of hydrogen-bond acceptors (Lipinski definition) is 3. The molecular weight excluding hydrogens is 332 g/mol. The predicted molar refractivity (Wildman–Crippen MR) is 85.2 cm³/mol. The van der Waals surface area contributed by atoms with Crippen LogP contribution in [0.15, 0.2) is 53.0 Å². The Morgan fingerprint density at radius 1 is 1.24 bits per heavy atom. The zero-order chi connectivity index (χ0) is 14.8. The van der Waals surface area contributed by atoms with E-state index in [4.69, 9.17) is 10.5 Å². The smallest absolute Gasteiger partial charge is 0.260 e. The fourth-order valence-electron chi connectivity index (χ4n) is 2.44. The van der Waals surface area contributed by atoms with Crippen molar-refractivity contribution in [1.82, 2.24) is 0 Å². The van der Waals surface area contributed by atoms with E-state index in [2.05, 4.69) is 26.9 Å². The molecule has 1 aliphatic rings. The molecule has 21 heavy (non-hydrogen) atoms. The second-order valence-electron chi connectivity index (χ2n) is 4.95. The lowest BCUT2D eigenvalue weighted by atomic mass is 10.1. The molecule has 4 nitrogen and oxygen atoms in total. The quantitative estimate of drug-likeness (QED) is 0.929. The van der Waals surface area contributed by atoms with E-state index >= 15 is 0 Å². The van der Waals surface area contributed by atoms with Gasteiger partial charge in [-0.15, -0.1) is 0 Å². The summed E-state index contributed by atoms with van der Waals surface area (Å²) in [6.07, 6.45) is -0.623. The van der Waals surface area contributed by atoms with Gasteiger partial charge in [0.05, 0.1) is 12.2 Å². The van der Waals surface area contributed by atoms with Crippen LogP contribution in [0.5, 0.6) is 5.75 Å². The van der Waals surface area contributed by atoms with Crippen molar-refractivity contribution in [2.75, 3.05) is 11.4 Å². The van der Waals surface area contributed by atoms with Gasteiger partial charge in [0.2, 0.25) is 0 Å². The monoisotopic (exact) mass is 346 g/mol. The zero-order valence-corrected chi connectivity index (χ0v) is 12.9. The predicted octanol–water partition coefficient (Wildman–Crippen LogP) is 2.70. The second-order valence-corrected chi connectivity index (χ2v) is 5.80. The lowest BCUT2D eigenvalue weighted by molar-refractivity contribution is -0.124.